The van der Waals surface area contributed by atoms with E-state index in [-0.39, 0.29) is 11.8 Å². The SMILES string of the molecule is COc1ccc(C(=O)NCCNC(=O)c2cccs2)cc1Br. The molecule has 2 aromatic rings. The Morgan fingerprint density at radius 1 is 1.18 bits per heavy atom. The van der Waals surface area contributed by atoms with Gasteiger partial charge >= 0.3 is 0 Å². The molecule has 0 saturated heterocycles. The smallest absolute Gasteiger partial charge is 0.261 e. The molecule has 1 aromatic heterocycles. The summed E-state index contributed by atoms with van der Waals surface area (Å²) in [5.74, 6) is 0.338. The minimum Gasteiger partial charge on any atom is -0.496 e. The summed E-state index contributed by atoms with van der Waals surface area (Å²) >= 11 is 4.72. The van der Waals surface area contributed by atoms with Gasteiger partial charge in [-0.1, -0.05) is 6.07 Å². The first kappa shape index (κ1) is 16.5. The molecule has 0 radical (unpaired) electrons. The Labute approximate surface area is 140 Å². The molecule has 0 unspecified atom stereocenters. The molecule has 0 atom stereocenters. The number of hydrogen-bond acceptors (Lipinski definition) is 4. The molecule has 0 aliphatic carbocycles. The van der Waals surface area contributed by atoms with E-state index < -0.39 is 0 Å². The maximum Gasteiger partial charge on any atom is 0.261 e. The molecule has 0 fully saturated rings. The van der Waals surface area contributed by atoms with Crippen molar-refractivity contribution in [2.75, 3.05) is 20.2 Å². The second kappa shape index (κ2) is 7.95. The lowest BCUT2D eigenvalue weighted by atomic mass is 10.2. The molecular formula is C15H15BrN2O3S. The summed E-state index contributed by atoms with van der Waals surface area (Å²) < 4.78 is 5.83. The first-order valence-corrected chi connectivity index (χ1v) is 8.22. The second-order valence-corrected chi connectivity index (χ2v) is 6.14. The molecule has 0 saturated carbocycles. The van der Waals surface area contributed by atoms with Crippen LogP contribution in [0.4, 0.5) is 0 Å². The molecule has 1 heterocycles. The van der Waals surface area contributed by atoms with Crippen LogP contribution in [0.25, 0.3) is 0 Å². The monoisotopic (exact) mass is 382 g/mol. The van der Waals surface area contributed by atoms with Crippen molar-refractivity contribution >= 4 is 39.1 Å². The number of hydrogen-bond donors (Lipinski definition) is 2. The van der Waals surface area contributed by atoms with Crippen molar-refractivity contribution < 1.29 is 14.3 Å². The van der Waals surface area contributed by atoms with Crippen LogP contribution in [0.5, 0.6) is 5.75 Å². The van der Waals surface area contributed by atoms with Crippen LogP contribution >= 0.6 is 27.3 Å². The van der Waals surface area contributed by atoms with Gasteiger partial charge in [0.1, 0.15) is 5.75 Å². The molecule has 0 spiro atoms. The number of methoxy groups -OCH3 is 1. The summed E-state index contributed by atoms with van der Waals surface area (Å²) in [7, 11) is 1.57. The van der Waals surface area contributed by atoms with Crippen molar-refractivity contribution in [2.45, 2.75) is 0 Å². The molecule has 2 rings (SSSR count). The first-order chi connectivity index (χ1) is 10.6. The van der Waals surface area contributed by atoms with Gasteiger partial charge in [-0.05, 0) is 45.6 Å². The van der Waals surface area contributed by atoms with E-state index in [1.165, 1.54) is 11.3 Å². The third kappa shape index (κ3) is 4.32. The fourth-order valence-corrected chi connectivity index (χ4v) is 2.94. The maximum atomic E-state index is 12.0. The Morgan fingerprint density at radius 2 is 1.91 bits per heavy atom. The van der Waals surface area contributed by atoms with Crippen LogP contribution in [0, 0.1) is 0 Å². The number of carbonyl (C=O) groups is 2. The van der Waals surface area contributed by atoms with Crippen molar-refractivity contribution in [1.29, 1.82) is 0 Å². The van der Waals surface area contributed by atoms with Gasteiger partial charge in [0.15, 0.2) is 0 Å². The van der Waals surface area contributed by atoms with E-state index in [0.29, 0.717) is 33.8 Å². The predicted octanol–water partition coefficient (Wildman–Crippen LogP) is 2.68. The van der Waals surface area contributed by atoms with Gasteiger partial charge < -0.3 is 15.4 Å². The van der Waals surface area contributed by atoms with Crippen LogP contribution in [0.1, 0.15) is 20.0 Å². The molecule has 22 heavy (non-hydrogen) atoms. The Morgan fingerprint density at radius 3 is 2.50 bits per heavy atom. The van der Waals surface area contributed by atoms with Gasteiger partial charge in [-0.25, -0.2) is 0 Å². The van der Waals surface area contributed by atoms with Gasteiger partial charge in [-0.15, -0.1) is 11.3 Å². The molecule has 0 aliphatic rings. The zero-order valence-corrected chi connectivity index (χ0v) is 14.3. The van der Waals surface area contributed by atoms with E-state index in [2.05, 4.69) is 26.6 Å². The highest BCUT2D eigenvalue weighted by Crippen LogP contribution is 2.25. The number of thiophene rings is 1. The standard InChI is InChI=1S/C15H15BrN2O3S/c1-21-12-5-4-10(9-11(12)16)14(19)17-6-7-18-15(20)13-3-2-8-22-13/h2-5,8-9H,6-7H2,1H3,(H,17,19)(H,18,20). The molecule has 116 valence electrons. The minimum absolute atomic E-state index is 0.128. The Bertz CT molecular complexity index is 659. The second-order valence-electron chi connectivity index (χ2n) is 4.34. The minimum atomic E-state index is -0.200. The van der Waals surface area contributed by atoms with Gasteiger partial charge in [0, 0.05) is 18.7 Å². The summed E-state index contributed by atoms with van der Waals surface area (Å²) in [6.07, 6.45) is 0. The molecule has 2 amide bonds. The number of halogens is 1. The number of rotatable bonds is 6. The number of ether oxygens (including phenoxy) is 1. The van der Waals surface area contributed by atoms with Gasteiger partial charge in [0.25, 0.3) is 11.8 Å². The largest absolute Gasteiger partial charge is 0.496 e. The molecule has 7 heteroatoms. The van der Waals surface area contributed by atoms with E-state index in [4.69, 9.17) is 4.74 Å². The number of amides is 2. The van der Waals surface area contributed by atoms with Crippen LogP contribution in [0.15, 0.2) is 40.2 Å². The summed E-state index contributed by atoms with van der Waals surface area (Å²) in [5.41, 5.74) is 0.525. The Hall–Kier alpha value is -1.86. The molecule has 0 aliphatic heterocycles. The molecule has 5 nitrogen and oxygen atoms in total. The van der Waals surface area contributed by atoms with E-state index >= 15 is 0 Å². The zero-order chi connectivity index (χ0) is 15.9. The van der Waals surface area contributed by atoms with E-state index in [1.54, 1.807) is 31.4 Å². The number of benzene rings is 1. The van der Waals surface area contributed by atoms with Crippen LogP contribution in [-0.4, -0.2) is 32.0 Å². The average molecular weight is 383 g/mol. The van der Waals surface area contributed by atoms with Gasteiger partial charge in [-0.3, -0.25) is 9.59 Å². The maximum absolute atomic E-state index is 12.0. The van der Waals surface area contributed by atoms with Crippen molar-refractivity contribution in [1.82, 2.24) is 10.6 Å². The highest BCUT2D eigenvalue weighted by Gasteiger charge is 2.09. The highest BCUT2D eigenvalue weighted by atomic mass is 79.9. The predicted molar refractivity (Wildman–Crippen MR) is 89.7 cm³/mol. The number of nitrogens with one attached hydrogen (secondary N) is 2. The molecule has 1 aromatic carbocycles. The first-order valence-electron chi connectivity index (χ1n) is 6.55. The van der Waals surface area contributed by atoms with Crippen molar-refractivity contribution in [2.24, 2.45) is 0 Å². The summed E-state index contributed by atoms with van der Waals surface area (Å²) in [5, 5.41) is 7.35. The van der Waals surface area contributed by atoms with Crippen molar-refractivity contribution in [3.05, 3.63) is 50.6 Å². The van der Waals surface area contributed by atoms with Crippen LogP contribution in [0.3, 0.4) is 0 Å². The number of carbonyl (C=O) groups excluding carboxylic acids is 2. The fraction of sp³-hybridized carbons (Fsp3) is 0.200. The average Bonchev–Trinajstić information content (AvgIpc) is 3.05. The normalized spacial score (nSPS) is 10.1. The van der Waals surface area contributed by atoms with E-state index in [0.717, 1.165) is 0 Å². The quantitative estimate of drug-likeness (QED) is 0.754. The zero-order valence-electron chi connectivity index (χ0n) is 11.9. The van der Waals surface area contributed by atoms with Gasteiger partial charge in [0.05, 0.1) is 16.5 Å². The van der Waals surface area contributed by atoms with Gasteiger partial charge in [0.2, 0.25) is 0 Å². The lowest BCUT2D eigenvalue weighted by molar-refractivity contribution is 0.0929. The summed E-state index contributed by atoms with van der Waals surface area (Å²) in [6, 6.07) is 8.68. The van der Waals surface area contributed by atoms with Gasteiger partial charge in [-0.2, -0.15) is 0 Å². The fourth-order valence-electron chi connectivity index (χ4n) is 1.76. The lowest BCUT2D eigenvalue weighted by Gasteiger charge is -2.08. The Balaban J connectivity index is 1.78. The van der Waals surface area contributed by atoms with Crippen molar-refractivity contribution in [3.8, 4) is 5.75 Å². The molecule has 0 bridgehead atoms. The summed E-state index contributed by atoms with van der Waals surface area (Å²) in [6.45, 7) is 0.736. The third-order valence-corrected chi connectivity index (χ3v) is 4.34. The van der Waals surface area contributed by atoms with E-state index in [1.807, 2.05) is 11.4 Å². The topological polar surface area (TPSA) is 67.4 Å². The third-order valence-electron chi connectivity index (χ3n) is 2.86. The summed E-state index contributed by atoms with van der Waals surface area (Å²) in [4.78, 5) is 24.3. The van der Waals surface area contributed by atoms with Crippen molar-refractivity contribution in [3.63, 3.8) is 0 Å². The van der Waals surface area contributed by atoms with Crippen LogP contribution in [0.2, 0.25) is 0 Å². The van der Waals surface area contributed by atoms with E-state index in [9.17, 15) is 9.59 Å². The van der Waals surface area contributed by atoms with Crippen LogP contribution < -0.4 is 15.4 Å². The molecule has 2 N–H and O–H groups in total. The highest BCUT2D eigenvalue weighted by molar-refractivity contribution is 9.10. The Kier molecular flexibility index (Phi) is 5.97. The molecular weight excluding hydrogens is 368 g/mol. The van der Waals surface area contributed by atoms with Crippen LogP contribution in [-0.2, 0) is 0 Å². The lowest BCUT2D eigenvalue weighted by Crippen LogP contribution is -2.34.